The average Bonchev–Trinajstić information content (AvgIpc) is 2.81. The molecular weight excluding hydrogens is 377 g/mol. The van der Waals surface area contributed by atoms with Crippen LogP contribution in [-0.2, 0) is 13.2 Å². The van der Waals surface area contributed by atoms with Gasteiger partial charge in [-0.25, -0.2) is 9.78 Å². The zero-order valence-electron chi connectivity index (χ0n) is 12.6. The molecule has 0 aliphatic heterocycles. The minimum atomic E-state index is -4.55. The lowest BCUT2D eigenvalue weighted by atomic mass is 10.2. The molecule has 0 radical (unpaired) electrons. The summed E-state index contributed by atoms with van der Waals surface area (Å²) >= 11 is 6.84. The number of rotatable bonds is 3. The first-order valence-electron chi connectivity index (χ1n) is 6.91. The standard InChI is InChI=1S/C16H10ClF3N2O2S/c1-22-11-5-3-2-4-9(11)12(15(23)24)14(22)25-13-10(17)6-8(7-21-13)16(18,19)20/h2-7H,1H3,(H,23,24). The number of alkyl halides is 3. The van der Waals surface area contributed by atoms with E-state index in [0.717, 1.165) is 17.8 Å². The summed E-state index contributed by atoms with van der Waals surface area (Å²) in [5.74, 6) is -1.14. The molecule has 1 aromatic carbocycles. The molecule has 0 unspecified atom stereocenters. The van der Waals surface area contributed by atoms with Crippen LogP contribution in [-0.4, -0.2) is 20.6 Å². The Bertz CT molecular complexity index is 985. The molecule has 3 aromatic rings. The molecule has 25 heavy (non-hydrogen) atoms. The maximum absolute atomic E-state index is 12.7. The molecule has 2 heterocycles. The van der Waals surface area contributed by atoms with E-state index in [4.69, 9.17) is 11.6 Å². The fourth-order valence-corrected chi connectivity index (χ4v) is 3.70. The van der Waals surface area contributed by atoms with E-state index in [1.54, 1.807) is 35.9 Å². The zero-order chi connectivity index (χ0) is 18.4. The molecule has 0 bridgehead atoms. The summed E-state index contributed by atoms with van der Waals surface area (Å²) in [5.41, 5.74) is -0.219. The number of carboxylic acids is 1. The first-order valence-corrected chi connectivity index (χ1v) is 8.11. The van der Waals surface area contributed by atoms with Crippen molar-refractivity contribution in [3.63, 3.8) is 0 Å². The van der Waals surface area contributed by atoms with Gasteiger partial charge in [0.25, 0.3) is 0 Å². The number of benzene rings is 1. The van der Waals surface area contributed by atoms with Crippen LogP contribution in [0.3, 0.4) is 0 Å². The topological polar surface area (TPSA) is 55.1 Å². The van der Waals surface area contributed by atoms with Crippen LogP contribution in [0.1, 0.15) is 15.9 Å². The van der Waals surface area contributed by atoms with Crippen LogP contribution in [0.2, 0.25) is 5.02 Å². The number of hydrogen-bond donors (Lipinski definition) is 1. The molecule has 1 N–H and O–H groups in total. The molecule has 0 amide bonds. The lowest BCUT2D eigenvalue weighted by Crippen LogP contribution is -2.06. The summed E-state index contributed by atoms with van der Waals surface area (Å²) in [6.07, 6.45) is -3.87. The first kappa shape index (κ1) is 17.6. The molecule has 0 saturated carbocycles. The fraction of sp³-hybridized carbons (Fsp3) is 0.125. The average molecular weight is 387 g/mol. The number of aromatic carboxylic acids is 1. The summed E-state index contributed by atoms with van der Waals surface area (Å²) in [6, 6.07) is 7.69. The van der Waals surface area contributed by atoms with Gasteiger partial charge in [-0.05, 0) is 23.9 Å². The third kappa shape index (κ3) is 3.19. The van der Waals surface area contributed by atoms with Crippen LogP contribution < -0.4 is 0 Å². The third-order valence-electron chi connectivity index (χ3n) is 3.60. The smallest absolute Gasteiger partial charge is 0.417 e. The monoisotopic (exact) mass is 386 g/mol. The summed E-state index contributed by atoms with van der Waals surface area (Å²) in [7, 11) is 1.68. The summed E-state index contributed by atoms with van der Waals surface area (Å²) in [6.45, 7) is 0. The van der Waals surface area contributed by atoms with E-state index in [0.29, 0.717) is 22.1 Å². The quantitative estimate of drug-likeness (QED) is 0.680. The van der Waals surface area contributed by atoms with Crippen LogP contribution in [0, 0.1) is 0 Å². The Labute approximate surface area is 149 Å². The lowest BCUT2D eigenvalue weighted by Gasteiger charge is -2.10. The Morgan fingerprint density at radius 3 is 2.60 bits per heavy atom. The van der Waals surface area contributed by atoms with Crippen molar-refractivity contribution in [2.75, 3.05) is 0 Å². The molecule has 0 aliphatic rings. The van der Waals surface area contributed by atoms with Gasteiger partial charge in [-0.15, -0.1) is 0 Å². The molecular formula is C16H10ClF3N2O2S. The van der Waals surface area contributed by atoms with Gasteiger partial charge in [-0.3, -0.25) is 0 Å². The largest absolute Gasteiger partial charge is 0.478 e. The third-order valence-corrected chi connectivity index (χ3v) is 5.19. The normalized spacial score (nSPS) is 11.9. The highest BCUT2D eigenvalue weighted by Gasteiger charge is 2.32. The van der Waals surface area contributed by atoms with Crippen molar-refractivity contribution in [2.24, 2.45) is 7.05 Å². The van der Waals surface area contributed by atoms with E-state index in [-0.39, 0.29) is 15.6 Å². The number of fused-ring (bicyclic) bond motifs is 1. The van der Waals surface area contributed by atoms with Crippen molar-refractivity contribution in [3.05, 3.63) is 52.7 Å². The summed E-state index contributed by atoms with van der Waals surface area (Å²) in [5, 5.41) is 10.3. The molecule has 9 heteroatoms. The number of hydrogen-bond acceptors (Lipinski definition) is 3. The van der Waals surface area contributed by atoms with Gasteiger partial charge in [0.05, 0.1) is 21.2 Å². The van der Waals surface area contributed by atoms with Crippen molar-refractivity contribution in [1.82, 2.24) is 9.55 Å². The maximum atomic E-state index is 12.7. The van der Waals surface area contributed by atoms with Gasteiger partial charge >= 0.3 is 12.1 Å². The van der Waals surface area contributed by atoms with Crippen LogP contribution in [0.25, 0.3) is 10.9 Å². The van der Waals surface area contributed by atoms with E-state index in [2.05, 4.69) is 4.98 Å². The SMILES string of the molecule is Cn1c(Sc2ncc(C(F)(F)F)cc2Cl)c(C(=O)O)c2ccccc21. The van der Waals surface area contributed by atoms with Gasteiger partial charge in [0.1, 0.15) is 5.03 Å². The van der Waals surface area contributed by atoms with Crippen molar-refractivity contribution in [1.29, 1.82) is 0 Å². The second-order valence-corrected chi connectivity index (χ2v) is 6.56. The number of para-hydroxylation sites is 1. The number of halogens is 4. The maximum Gasteiger partial charge on any atom is 0.417 e. The number of aryl methyl sites for hydroxylation is 1. The second-order valence-electron chi connectivity index (χ2n) is 5.17. The van der Waals surface area contributed by atoms with Crippen LogP contribution in [0.4, 0.5) is 13.2 Å². The Morgan fingerprint density at radius 2 is 2.00 bits per heavy atom. The molecule has 0 atom stereocenters. The van der Waals surface area contributed by atoms with E-state index in [1.165, 1.54) is 0 Å². The highest BCUT2D eigenvalue weighted by Crippen LogP contribution is 2.40. The van der Waals surface area contributed by atoms with Crippen LogP contribution >= 0.6 is 23.4 Å². The summed E-state index contributed by atoms with van der Waals surface area (Å²) in [4.78, 5) is 15.4. The molecule has 0 saturated heterocycles. The molecule has 0 fully saturated rings. The predicted molar refractivity (Wildman–Crippen MR) is 88.3 cm³/mol. The highest BCUT2D eigenvalue weighted by molar-refractivity contribution is 7.99. The van der Waals surface area contributed by atoms with Crippen LogP contribution in [0.5, 0.6) is 0 Å². The second kappa shape index (κ2) is 6.27. The van der Waals surface area contributed by atoms with E-state index < -0.39 is 17.7 Å². The van der Waals surface area contributed by atoms with E-state index >= 15 is 0 Å². The number of carbonyl (C=O) groups is 1. The molecule has 130 valence electrons. The molecule has 2 aromatic heterocycles. The highest BCUT2D eigenvalue weighted by atomic mass is 35.5. The Hall–Kier alpha value is -2.19. The van der Waals surface area contributed by atoms with Gasteiger partial charge in [0, 0.05) is 24.1 Å². The van der Waals surface area contributed by atoms with E-state index in [1.807, 2.05) is 0 Å². The van der Waals surface area contributed by atoms with Gasteiger partial charge in [-0.1, -0.05) is 29.8 Å². The van der Waals surface area contributed by atoms with Gasteiger partial charge < -0.3 is 9.67 Å². The van der Waals surface area contributed by atoms with Gasteiger partial charge in [-0.2, -0.15) is 13.2 Å². The van der Waals surface area contributed by atoms with Crippen molar-refractivity contribution in [3.8, 4) is 0 Å². The Balaban J connectivity index is 2.11. The van der Waals surface area contributed by atoms with E-state index in [9.17, 15) is 23.1 Å². The fourth-order valence-electron chi connectivity index (χ4n) is 2.44. The molecule has 0 spiro atoms. The molecule has 4 nitrogen and oxygen atoms in total. The minimum Gasteiger partial charge on any atom is -0.478 e. The Morgan fingerprint density at radius 1 is 1.32 bits per heavy atom. The van der Waals surface area contributed by atoms with Crippen molar-refractivity contribution < 1.29 is 23.1 Å². The lowest BCUT2D eigenvalue weighted by molar-refractivity contribution is -0.137. The Kier molecular flexibility index (Phi) is 4.42. The first-order chi connectivity index (χ1) is 11.7. The predicted octanol–water partition coefficient (Wildman–Crippen LogP) is 5.09. The zero-order valence-corrected chi connectivity index (χ0v) is 14.2. The van der Waals surface area contributed by atoms with Crippen molar-refractivity contribution in [2.45, 2.75) is 16.2 Å². The number of nitrogens with zero attached hydrogens (tertiary/aromatic N) is 2. The molecule has 3 rings (SSSR count). The summed E-state index contributed by atoms with van der Waals surface area (Å²) < 4.78 is 39.8. The van der Waals surface area contributed by atoms with Gasteiger partial charge in [0.2, 0.25) is 0 Å². The van der Waals surface area contributed by atoms with Crippen LogP contribution in [0.15, 0.2) is 46.6 Å². The number of aromatic nitrogens is 2. The van der Waals surface area contributed by atoms with Gasteiger partial charge in [0.15, 0.2) is 0 Å². The molecule has 0 aliphatic carbocycles. The van der Waals surface area contributed by atoms with Crippen molar-refractivity contribution >= 4 is 40.2 Å². The number of carboxylic acid groups (broad SMARTS) is 1. The number of pyridine rings is 1. The minimum absolute atomic E-state index is 0.0564.